The number of rotatable bonds is 9. The number of carbonyl (C=O) groups excluding carboxylic acids is 1. The third-order valence-corrected chi connectivity index (χ3v) is 6.30. The summed E-state index contributed by atoms with van der Waals surface area (Å²) in [5.74, 6) is 0.828. The molecule has 3 aromatic rings. The SMILES string of the molecule is CC[C@H](Oc1ccc(N(C)S(C)(=O)=O)cc1)C(=O)NCc1nc(-c2cccc(Br)c2)no1. The minimum Gasteiger partial charge on any atom is -0.481 e. The number of amides is 1. The summed E-state index contributed by atoms with van der Waals surface area (Å²) in [6.45, 7) is 1.89. The van der Waals surface area contributed by atoms with E-state index in [4.69, 9.17) is 9.26 Å². The zero-order chi connectivity index (χ0) is 23.3. The monoisotopic (exact) mass is 522 g/mol. The smallest absolute Gasteiger partial charge is 0.261 e. The molecule has 0 unspecified atom stereocenters. The van der Waals surface area contributed by atoms with Crippen molar-refractivity contribution in [1.29, 1.82) is 0 Å². The van der Waals surface area contributed by atoms with Crippen molar-refractivity contribution in [3.63, 3.8) is 0 Å². The zero-order valence-corrected chi connectivity index (χ0v) is 20.2. The quantitative estimate of drug-likeness (QED) is 0.458. The molecule has 0 aliphatic carbocycles. The van der Waals surface area contributed by atoms with Crippen molar-refractivity contribution in [3.05, 3.63) is 58.9 Å². The lowest BCUT2D eigenvalue weighted by Crippen LogP contribution is -2.37. The topological polar surface area (TPSA) is 115 Å². The van der Waals surface area contributed by atoms with Gasteiger partial charge in [0.25, 0.3) is 5.91 Å². The molecule has 0 bridgehead atoms. The number of sulfonamides is 1. The Balaban J connectivity index is 1.58. The van der Waals surface area contributed by atoms with E-state index in [9.17, 15) is 13.2 Å². The molecule has 2 aromatic carbocycles. The number of anilines is 1. The van der Waals surface area contributed by atoms with Crippen molar-refractivity contribution < 1.29 is 22.5 Å². The van der Waals surface area contributed by atoms with Gasteiger partial charge in [-0.2, -0.15) is 4.98 Å². The fourth-order valence-corrected chi connectivity index (χ4v) is 3.66. The Labute approximate surface area is 194 Å². The highest BCUT2D eigenvalue weighted by atomic mass is 79.9. The first-order valence-electron chi connectivity index (χ1n) is 9.74. The number of nitrogens with one attached hydrogen (secondary N) is 1. The molecule has 170 valence electrons. The second-order valence-electron chi connectivity index (χ2n) is 6.98. The van der Waals surface area contributed by atoms with Crippen molar-refractivity contribution in [1.82, 2.24) is 15.5 Å². The molecule has 0 aliphatic heterocycles. The number of hydrogen-bond donors (Lipinski definition) is 1. The molecule has 1 aromatic heterocycles. The number of carbonyl (C=O) groups is 1. The number of ether oxygens (including phenoxy) is 1. The molecule has 0 saturated heterocycles. The van der Waals surface area contributed by atoms with Gasteiger partial charge in [-0.1, -0.05) is 40.1 Å². The van der Waals surface area contributed by atoms with Gasteiger partial charge in [0.15, 0.2) is 6.10 Å². The molecule has 9 nitrogen and oxygen atoms in total. The number of halogens is 1. The van der Waals surface area contributed by atoms with Crippen LogP contribution >= 0.6 is 15.9 Å². The highest BCUT2D eigenvalue weighted by Gasteiger charge is 2.20. The fraction of sp³-hybridized carbons (Fsp3) is 0.286. The van der Waals surface area contributed by atoms with Crippen LogP contribution in [-0.2, 0) is 21.4 Å². The van der Waals surface area contributed by atoms with E-state index in [0.717, 1.165) is 20.6 Å². The van der Waals surface area contributed by atoms with Crippen molar-refractivity contribution in [3.8, 4) is 17.1 Å². The van der Waals surface area contributed by atoms with Crippen LogP contribution in [0.4, 0.5) is 5.69 Å². The van der Waals surface area contributed by atoms with Crippen LogP contribution in [0.25, 0.3) is 11.4 Å². The Bertz CT molecular complexity index is 1180. The third kappa shape index (κ3) is 6.07. The van der Waals surface area contributed by atoms with Gasteiger partial charge in [-0.05, 0) is 42.8 Å². The predicted octanol–water partition coefficient (Wildman–Crippen LogP) is 3.37. The Morgan fingerprint density at radius 2 is 1.97 bits per heavy atom. The number of benzene rings is 2. The van der Waals surface area contributed by atoms with Crippen molar-refractivity contribution in [2.24, 2.45) is 0 Å². The Kier molecular flexibility index (Phi) is 7.52. The van der Waals surface area contributed by atoms with Gasteiger partial charge in [0.05, 0.1) is 18.5 Å². The number of aromatic nitrogens is 2. The fourth-order valence-electron chi connectivity index (χ4n) is 2.76. The van der Waals surface area contributed by atoms with E-state index < -0.39 is 16.1 Å². The molecular weight excluding hydrogens is 500 g/mol. The van der Waals surface area contributed by atoms with Crippen LogP contribution in [0.1, 0.15) is 19.2 Å². The summed E-state index contributed by atoms with van der Waals surface area (Å²) in [6, 6.07) is 14.0. The molecule has 1 atom stereocenters. The van der Waals surface area contributed by atoms with Gasteiger partial charge >= 0.3 is 0 Å². The van der Waals surface area contributed by atoms with E-state index in [-0.39, 0.29) is 18.3 Å². The first kappa shape index (κ1) is 23.7. The maximum Gasteiger partial charge on any atom is 0.261 e. The average Bonchev–Trinajstić information content (AvgIpc) is 3.24. The van der Waals surface area contributed by atoms with Gasteiger partial charge in [-0.25, -0.2) is 8.42 Å². The van der Waals surface area contributed by atoms with E-state index in [1.165, 1.54) is 7.05 Å². The van der Waals surface area contributed by atoms with Crippen LogP contribution < -0.4 is 14.4 Å². The summed E-state index contributed by atoms with van der Waals surface area (Å²) in [6.07, 6.45) is 0.824. The lowest BCUT2D eigenvalue weighted by atomic mass is 10.2. The van der Waals surface area contributed by atoms with Gasteiger partial charge in [0.2, 0.25) is 21.7 Å². The largest absolute Gasteiger partial charge is 0.481 e. The number of hydrogen-bond acceptors (Lipinski definition) is 7. The van der Waals surface area contributed by atoms with Crippen LogP contribution in [0.2, 0.25) is 0 Å². The Morgan fingerprint density at radius 1 is 1.25 bits per heavy atom. The van der Waals surface area contributed by atoms with Crippen LogP contribution in [0.15, 0.2) is 57.5 Å². The Hall–Kier alpha value is -2.92. The molecule has 0 aliphatic rings. The van der Waals surface area contributed by atoms with Crippen LogP contribution in [0.3, 0.4) is 0 Å². The van der Waals surface area contributed by atoms with Crippen molar-refractivity contribution >= 4 is 37.5 Å². The molecule has 1 amide bonds. The standard InChI is InChI=1S/C21H23BrN4O5S/c1-4-18(30-17-10-8-16(9-11-17)26(2)32(3,28)29)21(27)23-13-19-24-20(25-31-19)14-6-5-7-15(22)12-14/h5-12,18H,4,13H2,1-3H3,(H,23,27)/t18-/m0/s1. The molecule has 0 saturated carbocycles. The van der Waals surface area contributed by atoms with E-state index >= 15 is 0 Å². The molecule has 1 heterocycles. The molecule has 32 heavy (non-hydrogen) atoms. The highest BCUT2D eigenvalue weighted by molar-refractivity contribution is 9.10. The van der Waals surface area contributed by atoms with Crippen LogP contribution in [0.5, 0.6) is 5.75 Å². The van der Waals surface area contributed by atoms with Gasteiger partial charge in [-0.3, -0.25) is 9.10 Å². The summed E-state index contributed by atoms with van der Waals surface area (Å²) in [5, 5.41) is 6.68. The molecule has 3 rings (SSSR count). The lowest BCUT2D eigenvalue weighted by molar-refractivity contribution is -0.128. The second-order valence-corrected chi connectivity index (χ2v) is 9.91. The molecule has 1 N–H and O–H groups in total. The first-order chi connectivity index (χ1) is 15.2. The summed E-state index contributed by atoms with van der Waals surface area (Å²) in [5.41, 5.74) is 1.29. The van der Waals surface area contributed by atoms with Crippen LogP contribution in [-0.4, -0.2) is 43.9 Å². The molecular formula is C21H23BrN4O5S. The molecule has 0 fully saturated rings. The predicted molar refractivity (Wildman–Crippen MR) is 124 cm³/mol. The molecule has 0 radical (unpaired) electrons. The summed E-state index contributed by atoms with van der Waals surface area (Å²) >= 11 is 3.40. The van der Waals surface area contributed by atoms with Gasteiger partial charge in [-0.15, -0.1) is 0 Å². The summed E-state index contributed by atoms with van der Waals surface area (Å²) < 4.78 is 36.3. The van der Waals surface area contributed by atoms with E-state index in [2.05, 4.69) is 31.4 Å². The molecule has 0 spiro atoms. The maximum absolute atomic E-state index is 12.6. The van der Waals surface area contributed by atoms with Gasteiger partial charge in [0, 0.05) is 17.1 Å². The maximum atomic E-state index is 12.6. The van der Waals surface area contributed by atoms with Gasteiger partial charge in [0.1, 0.15) is 5.75 Å². The van der Waals surface area contributed by atoms with Gasteiger partial charge < -0.3 is 14.6 Å². The average molecular weight is 523 g/mol. The summed E-state index contributed by atoms with van der Waals surface area (Å²) in [7, 11) is -1.89. The normalized spacial score (nSPS) is 12.2. The van der Waals surface area contributed by atoms with E-state index in [1.807, 2.05) is 31.2 Å². The van der Waals surface area contributed by atoms with Crippen molar-refractivity contribution in [2.45, 2.75) is 26.0 Å². The third-order valence-electron chi connectivity index (χ3n) is 4.60. The minimum atomic E-state index is -3.36. The first-order valence-corrected chi connectivity index (χ1v) is 12.4. The minimum absolute atomic E-state index is 0.0673. The summed E-state index contributed by atoms with van der Waals surface area (Å²) in [4.78, 5) is 16.9. The van der Waals surface area contributed by atoms with Crippen LogP contribution in [0, 0.1) is 0 Å². The Morgan fingerprint density at radius 3 is 2.59 bits per heavy atom. The highest BCUT2D eigenvalue weighted by Crippen LogP contribution is 2.22. The molecule has 11 heteroatoms. The van der Waals surface area contributed by atoms with Crippen molar-refractivity contribution in [2.75, 3.05) is 17.6 Å². The second kappa shape index (κ2) is 10.1. The lowest BCUT2D eigenvalue weighted by Gasteiger charge is -2.19. The number of nitrogens with zero attached hydrogens (tertiary/aromatic N) is 3. The zero-order valence-electron chi connectivity index (χ0n) is 17.8. The van der Waals surface area contributed by atoms with E-state index in [1.54, 1.807) is 24.3 Å². The van der Waals surface area contributed by atoms with E-state index in [0.29, 0.717) is 23.7 Å².